The van der Waals surface area contributed by atoms with Gasteiger partial charge in [-0.3, -0.25) is 4.79 Å². The number of aryl methyl sites for hydroxylation is 2. The fourth-order valence-electron chi connectivity index (χ4n) is 2.85. The summed E-state index contributed by atoms with van der Waals surface area (Å²) >= 11 is 0. The summed E-state index contributed by atoms with van der Waals surface area (Å²) in [6, 6.07) is 15.1. The summed E-state index contributed by atoms with van der Waals surface area (Å²) in [7, 11) is 0. The molecule has 1 aromatic heterocycles. The molecule has 2 aromatic carbocycles. The number of nitrogens with zero attached hydrogens (tertiary/aromatic N) is 2. The predicted octanol–water partition coefficient (Wildman–Crippen LogP) is 3.51. The topological polar surface area (TPSA) is 65.4 Å². The molecule has 0 aliphatic carbocycles. The van der Waals surface area contributed by atoms with Crippen molar-refractivity contribution in [1.29, 1.82) is 0 Å². The van der Waals surface area contributed by atoms with Crippen LogP contribution in [0.3, 0.4) is 0 Å². The van der Waals surface area contributed by atoms with Crippen molar-refractivity contribution < 1.29 is 14.3 Å². The second-order valence-electron chi connectivity index (χ2n) is 6.23. The highest BCUT2D eigenvalue weighted by Crippen LogP contribution is 2.32. The van der Waals surface area contributed by atoms with Gasteiger partial charge in [0.1, 0.15) is 13.2 Å². The number of carbonyl (C=O) groups is 1. The Morgan fingerprint density at radius 3 is 2.50 bits per heavy atom. The second-order valence-corrected chi connectivity index (χ2v) is 6.23. The van der Waals surface area contributed by atoms with Crippen molar-refractivity contribution in [3.63, 3.8) is 0 Å². The lowest BCUT2D eigenvalue weighted by Gasteiger charge is -2.18. The van der Waals surface area contributed by atoms with Gasteiger partial charge in [-0.05, 0) is 44.2 Å². The van der Waals surface area contributed by atoms with Crippen molar-refractivity contribution in [3.8, 4) is 17.2 Å². The molecule has 0 radical (unpaired) electrons. The third-order valence-electron chi connectivity index (χ3n) is 4.20. The van der Waals surface area contributed by atoms with Gasteiger partial charge in [-0.1, -0.05) is 17.7 Å². The minimum absolute atomic E-state index is 0.268. The molecule has 6 nitrogen and oxygen atoms in total. The average molecular weight is 349 g/mol. The molecule has 0 saturated carbocycles. The molecule has 0 unspecified atom stereocenters. The van der Waals surface area contributed by atoms with Crippen LogP contribution in [0.15, 0.2) is 48.5 Å². The minimum atomic E-state index is -0.268. The molecule has 2 heterocycles. The molecule has 4 rings (SSSR count). The van der Waals surface area contributed by atoms with Gasteiger partial charge in [0.05, 0.1) is 5.69 Å². The Morgan fingerprint density at radius 2 is 1.73 bits per heavy atom. The molecule has 1 N–H and O–H groups in total. The van der Waals surface area contributed by atoms with Crippen LogP contribution in [0.25, 0.3) is 5.69 Å². The first-order valence-corrected chi connectivity index (χ1v) is 8.45. The molecule has 0 spiro atoms. The maximum atomic E-state index is 12.6. The number of carbonyl (C=O) groups excluding carboxylic acids is 1. The highest BCUT2D eigenvalue weighted by molar-refractivity contribution is 6.03. The first-order chi connectivity index (χ1) is 12.6. The highest BCUT2D eigenvalue weighted by Gasteiger charge is 2.16. The van der Waals surface area contributed by atoms with Crippen LogP contribution >= 0.6 is 0 Å². The van der Waals surface area contributed by atoms with Crippen LogP contribution in [0.4, 0.5) is 5.69 Å². The first kappa shape index (κ1) is 16.2. The number of hydrogen-bond donors (Lipinski definition) is 1. The van der Waals surface area contributed by atoms with E-state index in [-0.39, 0.29) is 5.91 Å². The van der Waals surface area contributed by atoms with Gasteiger partial charge in [0, 0.05) is 17.4 Å². The third kappa shape index (κ3) is 3.13. The average Bonchev–Trinajstić information content (AvgIpc) is 3.04. The predicted molar refractivity (Wildman–Crippen MR) is 98.4 cm³/mol. The molecular formula is C20H19N3O3. The summed E-state index contributed by atoms with van der Waals surface area (Å²) in [4.78, 5) is 12.6. The minimum Gasteiger partial charge on any atom is -0.486 e. The molecular weight excluding hydrogens is 330 g/mol. The number of ether oxygens (including phenoxy) is 2. The van der Waals surface area contributed by atoms with E-state index in [9.17, 15) is 4.79 Å². The number of aromatic nitrogens is 2. The van der Waals surface area contributed by atoms with Crippen molar-refractivity contribution in [2.75, 3.05) is 18.5 Å². The molecule has 0 bridgehead atoms. The number of amides is 1. The molecule has 6 heteroatoms. The van der Waals surface area contributed by atoms with Gasteiger partial charge in [-0.25, -0.2) is 4.68 Å². The van der Waals surface area contributed by atoms with Gasteiger partial charge >= 0.3 is 0 Å². The van der Waals surface area contributed by atoms with Gasteiger partial charge in [0.2, 0.25) is 0 Å². The fourth-order valence-corrected chi connectivity index (χ4v) is 2.85. The van der Waals surface area contributed by atoms with Crippen molar-refractivity contribution in [2.45, 2.75) is 13.8 Å². The van der Waals surface area contributed by atoms with E-state index in [0.29, 0.717) is 36.1 Å². The Morgan fingerprint density at radius 1 is 1.00 bits per heavy atom. The molecule has 0 atom stereocenters. The lowest BCUT2D eigenvalue weighted by molar-refractivity contribution is 0.102. The van der Waals surface area contributed by atoms with E-state index >= 15 is 0 Å². The fraction of sp³-hybridized carbons (Fsp3) is 0.200. The summed E-state index contributed by atoms with van der Waals surface area (Å²) in [5.74, 6) is 1.06. The number of hydrogen-bond acceptors (Lipinski definition) is 4. The quantitative estimate of drug-likeness (QED) is 0.786. The van der Waals surface area contributed by atoms with Gasteiger partial charge in [0.25, 0.3) is 5.91 Å². The third-order valence-corrected chi connectivity index (χ3v) is 4.20. The van der Waals surface area contributed by atoms with Crippen molar-refractivity contribution in [2.24, 2.45) is 0 Å². The highest BCUT2D eigenvalue weighted by atomic mass is 16.6. The zero-order chi connectivity index (χ0) is 18.1. The van der Waals surface area contributed by atoms with Crippen LogP contribution in [-0.2, 0) is 0 Å². The maximum Gasteiger partial charge on any atom is 0.276 e. The Balaban J connectivity index is 1.55. The smallest absolute Gasteiger partial charge is 0.276 e. The zero-order valence-electron chi connectivity index (χ0n) is 14.7. The summed E-state index contributed by atoms with van der Waals surface area (Å²) in [5.41, 5.74) is 3.99. The molecule has 1 aliphatic rings. The Labute approximate surface area is 151 Å². The van der Waals surface area contributed by atoms with Crippen LogP contribution in [0.5, 0.6) is 11.5 Å². The van der Waals surface area contributed by atoms with E-state index in [2.05, 4.69) is 10.4 Å². The molecule has 1 amide bonds. The molecule has 3 aromatic rings. The normalized spacial score (nSPS) is 12.7. The number of nitrogens with one attached hydrogen (secondary N) is 1. The van der Waals surface area contributed by atoms with Gasteiger partial charge in [-0.15, -0.1) is 0 Å². The monoisotopic (exact) mass is 349 g/mol. The van der Waals surface area contributed by atoms with Crippen molar-refractivity contribution in [3.05, 3.63) is 65.5 Å². The van der Waals surface area contributed by atoms with Gasteiger partial charge in [0.15, 0.2) is 17.2 Å². The van der Waals surface area contributed by atoms with Crippen LogP contribution < -0.4 is 14.8 Å². The number of fused-ring (bicyclic) bond motifs is 1. The van der Waals surface area contributed by atoms with E-state index in [4.69, 9.17) is 9.47 Å². The van der Waals surface area contributed by atoms with Crippen LogP contribution in [0.2, 0.25) is 0 Å². The van der Waals surface area contributed by atoms with E-state index in [1.54, 1.807) is 28.9 Å². The summed E-state index contributed by atoms with van der Waals surface area (Å²) in [6.45, 7) is 5.00. The largest absolute Gasteiger partial charge is 0.486 e. The number of benzene rings is 2. The number of anilines is 1. The first-order valence-electron chi connectivity index (χ1n) is 8.45. The van der Waals surface area contributed by atoms with Gasteiger partial charge < -0.3 is 14.8 Å². The van der Waals surface area contributed by atoms with Crippen LogP contribution in [0, 0.1) is 13.8 Å². The van der Waals surface area contributed by atoms with E-state index in [1.165, 1.54) is 5.56 Å². The lowest BCUT2D eigenvalue weighted by Crippen LogP contribution is -2.16. The Hall–Kier alpha value is -3.28. The summed E-state index contributed by atoms with van der Waals surface area (Å²) < 4.78 is 12.8. The van der Waals surface area contributed by atoms with Crippen molar-refractivity contribution >= 4 is 11.6 Å². The molecule has 1 aliphatic heterocycles. The van der Waals surface area contributed by atoms with E-state index in [0.717, 1.165) is 11.4 Å². The molecule has 0 saturated heterocycles. The lowest BCUT2D eigenvalue weighted by atomic mass is 10.2. The summed E-state index contributed by atoms with van der Waals surface area (Å²) in [5, 5.41) is 7.30. The van der Waals surface area contributed by atoms with Gasteiger partial charge in [-0.2, -0.15) is 5.10 Å². The summed E-state index contributed by atoms with van der Waals surface area (Å²) in [6.07, 6.45) is 0. The molecule has 132 valence electrons. The van der Waals surface area contributed by atoms with E-state index in [1.807, 2.05) is 38.1 Å². The standard InChI is InChI=1S/C20H19N3O3/c1-13-3-6-16(7-4-13)23-14(2)11-17(22-23)20(24)21-15-5-8-18-19(12-15)26-10-9-25-18/h3-8,11-12H,9-10H2,1-2H3,(H,21,24). The van der Waals surface area contributed by atoms with Crippen LogP contribution in [0.1, 0.15) is 21.7 Å². The van der Waals surface area contributed by atoms with Crippen LogP contribution in [-0.4, -0.2) is 28.9 Å². The number of rotatable bonds is 3. The van der Waals surface area contributed by atoms with E-state index < -0.39 is 0 Å². The zero-order valence-corrected chi connectivity index (χ0v) is 14.7. The van der Waals surface area contributed by atoms with Crippen molar-refractivity contribution in [1.82, 2.24) is 9.78 Å². The second kappa shape index (κ2) is 6.55. The SMILES string of the molecule is Cc1ccc(-n2nc(C(=O)Nc3ccc4c(c3)OCCO4)cc2C)cc1. The molecule has 0 fully saturated rings. The molecule has 26 heavy (non-hydrogen) atoms. The maximum absolute atomic E-state index is 12.6. The Bertz CT molecular complexity index is 961. The Kier molecular flexibility index (Phi) is 4.08.